The van der Waals surface area contributed by atoms with E-state index in [2.05, 4.69) is 0 Å². The van der Waals surface area contributed by atoms with Gasteiger partial charge in [0.2, 0.25) is 0 Å². The smallest absolute Gasteiger partial charge is 0.310 e. The molecule has 4 heteroatoms. The molecular weight excluding hydrogens is 280 g/mol. The van der Waals surface area contributed by atoms with Crippen molar-refractivity contribution in [2.45, 2.75) is 65.9 Å². The normalized spacial score (nSPS) is 12.8. The Morgan fingerprint density at radius 1 is 1.14 bits per heavy atom. The van der Waals surface area contributed by atoms with Gasteiger partial charge in [0.15, 0.2) is 0 Å². The molecule has 0 saturated heterocycles. The number of carbonyl (C=O) groups excluding carboxylic acids is 1. The number of hydrogen-bond acceptors (Lipinski definition) is 3. The van der Waals surface area contributed by atoms with Crippen LogP contribution in [0.15, 0.2) is 12.1 Å². The van der Waals surface area contributed by atoms with Crippen LogP contribution in [0.3, 0.4) is 0 Å². The van der Waals surface area contributed by atoms with Crippen LogP contribution in [0.1, 0.15) is 61.8 Å². The molecule has 0 heterocycles. The van der Waals surface area contributed by atoms with Gasteiger partial charge in [0.1, 0.15) is 5.60 Å². The predicted molar refractivity (Wildman–Crippen MR) is 86.1 cm³/mol. The Balaban J connectivity index is 2.90. The average Bonchev–Trinajstić information content (AvgIpc) is 2.36. The van der Waals surface area contributed by atoms with Crippen molar-refractivity contribution in [3.05, 3.63) is 34.4 Å². The van der Waals surface area contributed by atoms with E-state index in [1.54, 1.807) is 20.8 Å². The molecule has 0 aliphatic carbocycles. The Morgan fingerprint density at radius 2 is 1.73 bits per heavy atom. The fourth-order valence-electron chi connectivity index (χ4n) is 2.42. The van der Waals surface area contributed by atoms with E-state index in [1.807, 2.05) is 32.9 Å². The first kappa shape index (κ1) is 18.2. The number of benzene rings is 1. The fraction of sp³-hybridized carbons (Fsp3) is 0.556. The molecule has 0 amide bonds. The number of aliphatic carboxylic acids is 1. The van der Waals surface area contributed by atoms with E-state index in [9.17, 15) is 14.7 Å². The molecule has 0 radical (unpaired) electrons. The van der Waals surface area contributed by atoms with Crippen molar-refractivity contribution < 1.29 is 19.4 Å². The molecule has 122 valence electrons. The summed E-state index contributed by atoms with van der Waals surface area (Å²) in [7, 11) is 0. The van der Waals surface area contributed by atoms with E-state index in [0.717, 1.165) is 22.3 Å². The lowest BCUT2D eigenvalue weighted by Crippen LogP contribution is -2.24. The van der Waals surface area contributed by atoms with Gasteiger partial charge in [-0.3, -0.25) is 9.59 Å². The first-order valence-electron chi connectivity index (χ1n) is 7.54. The maximum Gasteiger partial charge on any atom is 0.310 e. The zero-order valence-electron chi connectivity index (χ0n) is 14.3. The number of hydrogen-bond donors (Lipinski definition) is 1. The molecule has 1 atom stereocenters. The second-order valence-electron chi connectivity index (χ2n) is 6.74. The SMILES string of the molecule is Cc1ccc([C@H](CCC(=O)OC(C)(C)C)C(=O)O)c(C)c1C. The van der Waals surface area contributed by atoms with Gasteiger partial charge in [0.25, 0.3) is 0 Å². The Bertz CT molecular complexity index is 567. The quantitative estimate of drug-likeness (QED) is 0.838. The second kappa shape index (κ2) is 6.95. The molecule has 1 aromatic carbocycles. The number of ether oxygens (including phenoxy) is 1. The molecular formula is C18H26O4. The zero-order valence-corrected chi connectivity index (χ0v) is 14.3. The van der Waals surface area contributed by atoms with Crippen LogP contribution in [0.2, 0.25) is 0 Å². The van der Waals surface area contributed by atoms with Crippen LogP contribution in [0.5, 0.6) is 0 Å². The van der Waals surface area contributed by atoms with Crippen molar-refractivity contribution in [2.24, 2.45) is 0 Å². The van der Waals surface area contributed by atoms with E-state index < -0.39 is 17.5 Å². The van der Waals surface area contributed by atoms with Gasteiger partial charge in [0.05, 0.1) is 5.92 Å². The van der Waals surface area contributed by atoms with Crippen molar-refractivity contribution in [1.82, 2.24) is 0 Å². The summed E-state index contributed by atoms with van der Waals surface area (Å²) in [6.07, 6.45) is 0.341. The van der Waals surface area contributed by atoms with Gasteiger partial charge in [-0.15, -0.1) is 0 Å². The van der Waals surface area contributed by atoms with Gasteiger partial charge in [-0.2, -0.15) is 0 Å². The Labute approximate surface area is 132 Å². The average molecular weight is 306 g/mol. The lowest BCUT2D eigenvalue weighted by Gasteiger charge is -2.21. The van der Waals surface area contributed by atoms with Crippen molar-refractivity contribution in [2.75, 3.05) is 0 Å². The van der Waals surface area contributed by atoms with Crippen LogP contribution in [0, 0.1) is 20.8 Å². The molecule has 1 N–H and O–H groups in total. The highest BCUT2D eigenvalue weighted by molar-refractivity contribution is 5.78. The summed E-state index contributed by atoms with van der Waals surface area (Å²) < 4.78 is 5.24. The third kappa shape index (κ3) is 4.86. The highest BCUT2D eigenvalue weighted by atomic mass is 16.6. The van der Waals surface area contributed by atoms with E-state index in [-0.39, 0.29) is 18.8 Å². The molecule has 4 nitrogen and oxygen atoms in total. The Hall–Kier alpha value is -1.84. The predicted octanol–water partition coefficient (Wildman–Crippen LogP) is 3.90. The molecule has 0 saturated carbocycles. The van der Waals surface area contributed by atoms with Crippen LogP contribution < -0.4 is 0 Å². The molecule has 0 spiro atoms. The summed E-state index contributed by atoms with van der Waals surface area (Å²) >= 11 is 0. The number of aryl methyl sites for hydroxylation is 1. The van der Waals surface area contributed by atoms with Crippen LogP contribution in [0.25, 0.3) is 0 Å². The van der Waals surface area contributed by atoms with Gasteiger partial charge in [-0.25, -0.2) is 0 Å². The molecule has 0 aromatic heterocycles. The standard InChI is InChI=1S/C18H26O4/c1-11-7-8-14(13(3)12(11)2)15(17(20)21)9-10-16(19)22-18(4,5)6/h7-8,15H,9-10H2,1-6H3,(H,20,21)/t15-/m0/s1. The maximum atomic E-state index is 11.8. The monoisotopic (exact) mass is 306 g/mol. The Morgan fingerprint density at radius 3 is 2.23 bits per heavy atom. The summed E-state index contributed by atoms with van der Waals surface area (Å²) in [5.41, 5.74) is 3.45. The minimum Gasteiger partial charge on any atom is -0.481 e. The van der Waals surface area contributed by atoms with E-state index >= 15 is 0 Å². The topological polar surface area (TPSA) is 63.6 Å². The van der Waals surface area contributed by atoms with Gasteiger partial charge in [-0.1, -0.05) is 12.1 Å². The summed E-state index contributed by atoms with van der Waals surface area (Å²) in [5, 5.41) is 9.50. The van der Waals surface area contributed by atoms with Crippen molar-refractivity contribution in [3.8, 4) is 0 Å². The summed E-state index contributed by atoms with van der Waals surface area (Å²) in [6, 6.07) is 3.78. The minimum absolute atomic E-state index is 0.0978. The highest BCUT2D eigenvalue weighted by Gasteiger charge is 2.25. The molecule has 0 aliphatic rings. The molecule has 0 aliphatic heterocycles. The van der Waals surface area contributed by atoms with Crippen LogP contribution in [-0.2, 0) is 14.3 Å². The van der Waals surface area contributed by atoms with Gasteiger partial charge >= 0.3 is 11.9 Å². The first-order valence-corrected chi connectivity index (χ1v) is 7.54. The minimum atomic E-state index is -0.907. The number of carbonyl (C=O) groups is 2. The summed E-state index contributed by atoms with van der Waals surface area (Å²) in [4.78, 5) is 23.4. The summed E-state index contributed by atoms with van der Waals surface area (Å²) in [5.74, 6) is -1.96. The third-order valence-electron chi connectivity index (χ3n) is 3.83. The van der Waals surface area contributed by atoms with E-state index in [1.165, 1.54) is 0 Å². The molecule has 1 aromatic rings. The summed E-state index contributed by atoms with van der Waals surface area (Å²) in [6.45, 7) is 11.3. The van der Waals surface area contributed by atoms with Crippen molar-refractivity contribution in [1.29, 1.82) is 0 Å². The number of carboxylic acids is 1. The number of rotatable bonds is 5. The van der Waals surface area contributed by atoms with Crippen molar-refractivity contribution >= 4 is 11.9 Å². The second-order valence-corrected chi connectivity index (χ2v) is 6.74. The lowest BCUT2D eigenvalue weighted by atomic mass is 9.87. The van der Waals surface area contributed by atoms with Crippen LogP contribution in [0.4, 0.5) is 0 Å². The molecule has 0 fully saturated rings. The first-order chi connectivity index (χ1) is 10.0. The van der Waals surface area contributed by atoms with E-state index in [0.29, 0.717) is 0 Å². The molecule has 22 heavy (non-hydrogen) atoms. The largest absolute Gasteiger partial charge is 0.481 e. The third-order valence-corrected chi connectivity index (χ3v) is 3.83. The lowest BCUT2D eigenvalue weighted by molar-refractivity contribution is -0.155. The molecule has 1 rings (SSSR count). The zero-order chi connectivity index (χ0) is 17.1. The van der Waals surface area contributed by atoms with Crippen LogP contribution in [-0.4, -0.2) is 22.6 Å². The van der Waals surface area contributed by atoms with Gasteiger partial charge < -0.3 is 9.84 Å². The Kier molecular flexibility index (Phi) is 5.75. The molecule has 0 unspecified atom stereocenters. The fourth-order valence-corrected chi connectivity index (χ4v) is 2.42. The van der Waals surface area contributed by atoms with Gasteiger partial charge in [-0.05, 0) is 70.2 Å². The highest BCUT2D eigenvalue weighted by Crippen LogP contribution is 2.28. The van der Waals surface area contributed by atoms with Gasteiger partial charge in [0, 0.05) is 6.42 Å². The maximum absolute atomic E-state index is 11.8. The van der Waals surface area contributed by atoms with E-state index in [4.69, 9.17) is 4.74 Å². The number of esters is 1. The number of carboxylic acid groups (broad SMARTS) is 1. The van der Waals surface area contributed by atoms with Crippen molar-refractivity contribution in [3.63, 3.8) is 0 Å². The van der Waals surface area contributed by atoms with Crippen LogP contribution >= 0.6 is 0 Å². The molecule has 0 bridgehead atoms.